The Hall–Kier alpha value is -3.26. The van der Waals surface area contributed by atoms with Gasteiger partial charge >= 0.3 is 6.18 Å². The van der Waals surface area contributed by atoms with Crippen LogP contribution in [0.15, 0.2) is 41.6 Å². The van der Waals surface area contributed by atoms with Gasteiger partial charge in [0.25, 0.3) is 17.4 Å². The van der Waals surface area contributed by atoms with Crippen molar-refractivity contribution in [2.75, 3.05) is 13.2 Å². The Balaban J connectivity index is 1.54. The molecule has 2 heterocycles. The zero-order valence-electron chi connectivity index (χ0n) is 18.7. The Morgan fingerprint density at radius 3 is 2.58 bits per heavy atom. The zero-order valence-corrected chi connectivity index (χ0v) is 20.2. The summed E-state index contributed by atoms with van der Waals surface area (Å²) >= 11 is 11.9. The topological polar surface area (TPSA) is 80.2 Å². The Bertz CT molecular complexity index is 1290. The van der Waals surface area contributed by atoms with Gasteiger partial charge in [0.15, 0.2) is 0 Å². The highest BCUT2D eigenvalue weighted by Crippen LogP contribution is 2.49. The van der Waals surface area contributed by atoms with Crippen molar-refractivity contribution < 1.29 is 32.4 Å². The molecule has 1 N–H and O–H groups in total. The van der Waals surface area contributed by atoms with Crippen LogP contribution in [0.3, 0.4) is 0 Å². The maximum Gasteiger partial charge on any atom is 0.435 e. The van der Waals surface area contributed by atoms with Crippen LogP contribution >= 0.6 is 23.2 Å². The van der Waals surface area contributed by atoms with Gasteiger partial charge in [-0.05, 0) is 48.4 Å². The largest absolute Gasteiger partial charge is 0.435 e. The van der Waals surface area contributed by atoms with Crippen molar-refractivity contribution in [3.63, 3.8) is 0 Å². The minimum Gasteiger partial charge on any atom is -0.374 e. The molecular weight excluding hydrogens is 522 g/mol. The van der Waals surface area contributed by atoms with Crippen molar-refractivity contribution in [3.05, 3.63) is 68.7 Å². The number of carbonyl (C=O) groups is 2. The van der Waals surface area contributed by atoms with Gasteiger partial charge in [-0.3, -0.25) is 14.4 Å². The third kappa shape index (κ3) is 4.74. The highest BCUT2D eigenvalue weighted by atomic mass is 35.5. The Morgan fingerprint density at radius 1 is 1.28 bits per heavy atom. The van der Waals surface area contributed by atoms with Crippen molar-refractivity contribution in [2.45, 2.75) is 31.2 Å². The molecule has 2 aliphatic heterocycles. The zero-order chi connectivity index (χ0) is 26.3. The van der Waals surface area contributed by atoms with Gasteiger partial charge in [0.05, 0.1) is 5.71 Å². The SMILES string of the molecule is C#CCN1OC[C@@H](NC(=O)c2ccc(C3=NOC(c4cc(Cl)cc(Cl)c4)(C(F)(F)F)C3)cc2C)C1=O. The molecule has 2 atom stereocenters. The fourth-order valence-corrected chi connectivity index (χ4v) is 4.49. The first kappa shape index (κ1) is 25.8. The van der Waals surface area contributed by atoms with Gasteiger partial charge in [-0.25, -0.2) is 5.06 Å². The third-order valence-electron chi connectivity index (χ3n) is 5.80. The van der Waals surface area contributed by atoms with Crippen molar-refractivity contribution >= 4 is 40.7 Å². The smallest absolute Gasteiger partial charge is 0.374 e. The Labute approximate surface area is 214 Å². The van der Waals surface area contributed by atoms with E-state index in [9.17, 15) is 22.8 Å². The lowest BCUT2D eigenvalue weighted by Crippen LogP contribution is -2.43. The number of alkyl halides is 3. The first-order valence-corrected chi connectivity index (χ1v) is 11.3. The standard InChI is InChI=1S/C24H18Cl2F3N3O4/c1-3-6-32-22(34)20(12-35-32)30-21(33)18-5-4-14(7-13(18)2)19-11-23(36-31-19,24(27,28)29)15-8-16(25)10-17(26)9-15/h1,4-5,7-10,20H,6,11-12H2,2H3,(H,30,33)/t20-,23?/m1/s1. The highest BCUT2D eigenvalue weighted by Gasteiger charge is 2.62. The number of halogens is 5. The molecular formula is C24H18Cl2F3N3O4. The van der Waals surface area contributed by atoms with Crippen LogP contribution in [0.25, 0.3) is 0 Å². The van der Waals surface area contributed by atoms with Crippen molar-refractivity contribution in [3.8, 4) is 12.3 Å². The fraction of sp³-hybridized carbons (Fsp3) is 0.292. The van der Waals surface area contributed by atoms with E-state index in [-0.39, 0.29) is 40.0 Å². The van der Waals surface area contributed by atoms with E-state index < -0.39 is 36.1 Å². The summed E-state index contributed by atoms with van der Waals surface area (Å²) in [5, 5.41) is 7.34. The Kier molecular flexibility index (Phi) is 6.92. The Morgan fingerprint density at radius 2 is 1.97 bits per heavy atom. The van der Waals surface area contributed by atoms with Crippen LogP contribution < -0.4 is 5.32 Å². The summed E-state index contributed by atoms with van der Waals surface area (Å²) in [6.07, 6.45) is -0.280. The molecule has 7 nitrogen and oxygen atoms in total. The maximum atomic E-state index is 14.2. The van der Waals surface area contributed by atoms with E-state index >= 15 is 0 Å². The molecule has 0 bridgehead atoms. The summed E-state index contributed by atoms with van der Waals surface area (Å²) in [5.74, 6) is 1.26. The van der Waals surface area contributed by atoms with Gasteiger partial charge in [-0.2, -0.15) is 13.2 Å². The van der Waals surface area contributed by atoms with Crippen LogP contribution in [0.5, 0.6) is 0 Å². The summed E-state index contributed by atoms with van der Waals surface area (Å²) in [6.45, 7) is 1.49. The van der Waals surface area contributed by atoms with Gasteiger partial charge in [-0.1, -0.05) is 40.3 Å². The van der Waals surface area contributed by atoms with Gasteiger partial charge in [0, 0.05) is 27.6 Å². The minimum absolute atomic E-state index is 0.0259. The second-order valence-electron chi connectivity index (χ2n) is 8.22. The number of nitrogens with zero attached hydrogens (tertiary/aromatic N) is 2. The maximum absolute atomic E-state index is 14.2. The summed E-state index contributed by atoms with van der Waals surface area (Å²) in [4.78, 5) is 35.1. The molecule has 36 heavy (non-hydrogen) atoms. The fourth-order valence-electron chi connectivity index (χ4n) is 3.96. The summed E-state index contributed by atoms with van der Waals surface area (Å²) in [5.41, 5.74) is -2.00. The summed E-state index contributed by atoms with van der Waals surface area (Å²) < 4.78 is 42.6. The highest BCUT2D eigenvalue weighted by molar-refractivity contribution is 6.34. The molecule has 4 rings (SSSR count). The number of rotatable bonds is 5. The van der Waals surface area contributed by atoms with Gasteiger partial charge in [0.1, 0.15) is 19.2 Å². The third-order valence-corrected chi connectivity index (χ3v) is 6.24. The van der Waals surface area contributed by atoms with E-state index in [1.54, 1.807) is 6.92 Å². The van der Waals surface area contributed by atoms with Crippen LogP contribution in [0, 0.1) is 19.3 Å². The monoisotopic (exact) mass is 539 g/mol. The molecule has 2 amide bonds. The molecule has 12 heteroatoms. The number of nitrogens with one attached hydrogen (secondary N) is 1. The molecule has 0 aromatic heterocycles. The van der Waals surface area contributed by atoms with Crippen molar-refractivity contribution in [2.24, 2.45) is 5.16 Å². The van der Waals surface area contributed by atoms with Gasteiger partial charge < -0.3 is 10.2 Å². The van der Waals surface area contributed by atoms with E-state index in [0.717, 1.165) is 17.2 Å². The molecule has 1 saturated heterocycles. The number of hydrogen-bond acceptors (Lipinski definition) is 5. The van der Waals surface area contributed by atoms with Crippen LogP contribution in [-0.2, 0) is 20.1 Å². The molecule has 0 aliphatic carbocycles. The van der Waals surface area contributed by atoms with Gasteiger partial charge in [0.2, 0.25) is 0 Å². The summed E-state index contributed by atoms with van der Waals surface area (Å²) in [6, 6.07) is 7.10. The molecule has 2 aromatic rings. The van der Waals surface area contributed by atoms with E-state index in [0.29, 0.717) is 11.1 Å². The molecule has 1 fully saturated rings. The number of terminal acetylenes is 1. The quantitative estimate of drug-likeness (QED) is 0.571. The number of benzene rings is 2. The second kappa shape index (κ2) is 9.65. The van der Waals surface area contributed by atoms with E-state index in [2.05, 4.69) is 16.4 Å². The molecule has 2 aliphatic rings. The normalized spacial score (nSPS) is 21.7. The van der Waals surface area contributed by atoms with Gasteiger partial charge in [-0.15, -0.1) is 6.42 Å². The first-order chi connectivity index (χ1) is 16.9. The number of amides is 2. The molecule has 0 radical (unpaired) electrons. The van der Waals surface area contributed by atoms with Crippen LogP contribution in [-0.4, -0.2) is 48.0 Å². The number of aryl methyl sites for hydroxylation is 1. The number of hydrogen-bond donors (Lipinski definition) is 1. The average Bonchev–Trinajstić information content (AvgIpc) is 3.39. The van der Waals surface area contributed by atoms with E-state index in [1.807, 2.05) is 0 Å². The van der Waals surface area contributed by atoms with Crippen LogP contribution in [0.4, 0.5) is 13.2 Å². The average molecular weight is 540 g/mol. The predicted octanol–water partition coefficient (Wildman–Crippen LogP) is 4.39. The predicted molar refractivity (Wildman–Crippen MR) is 125 cm³/mol. The summed E-state index contributed by atoms with van der Waals surface area (Å²) in [7, 11) is 0. The lowest BCUT2D eigenvalue weighted by atomic mass is 9.86. The minimum atomic E-state index is -4.83. The lowest BCUT2D eigenvalue weighted by molar-refractivity contribution is -0.275. The van der Waals surface area contributed by atoms with Crippen LogP contribution in [0.1, 0.15) is 33.5 Å². The molecule has 0 spiro atoms. The van der Waals surface area contributed by atoms with E-state index in [4.69, 9.17) is 39.3 Å². The number of carbonyl (C=O) groups excluding carboxylic acids is 2. The van der Waals surface area contributed by atoms with Crippen molar-refractivity contribution in [1.29, 1.82) is 0 Å². The molecule has 188 valence electrons. The van der Waals surface area contributed by atoms with Crippen molar-refractivity contribution in [1.82, 2.24) is 10.4 Å². The molecule has 0 saturated carbocycles. The first-order valence-electron chi connectivity index (χ1n) is 10.5. The molecule has 1 unspecified atom stereocenters. The second-order valence-corrected chi connectivity index (χ2v) is 9.09. The molecule has 2 aromatic carbocycles. The van der Waals surface area contributed by atoms with Crippen LogP contribution in [0.2, 0.25) is 10.0 Å². The number of hydroxylamine groups is 2. The van der Waals surface area contributed by atoms with E-state index in [1.165, 1.54) is 24.3 Å². The lowest BCUT2D eigenvalue weighted by Gasteiger charge is -2.29. The number of oxime groups is 1.